The molecule has 1 aromatic carbocycles. The maximum atomic E-state index is 5.48. The predicted molar refractivity (Wildman–Crippen MR) is 105 cm³/mol. The van der Waals surface area contributed by atoms with E-state index in [1.54, 1.807) is 13.3 Å². The number of nitrogens with zero attached hydrogens (tertiary/aromatic N) is 5. The van der Waals surface area contributed by atoms with Gasteiger partial charge in [0.15, 0.2) is 5.82 Å². The van der Waals surface area contributed by atoms with E-state index >= 15 is 0 Å². The van der Waals surface area contributed by atoms with Crippen molar-refractivity contribution in [3.63, 3.8) is 0 Å². The van der Waals surface area contributed by atoms with Gasteiger partial charge >= 0.3 is 0 Å². The quantitative estimate of drug-likeness (QED) is 0.818. The zero-order valence-corrected chi connectivity index (χ0v) is 15.9. The number of anilines is 3. The summed E-state index contributed by atoms with van der Waals surface area (Å²) in [6, 6.07) is 8.15. The van der Waals surface area contributed by atoms with Crippen LogP contribution < -0.4 is 19.9 Å². The molecule has 140 valence electrons. The predicted octanol–water partition coefficient (Wildman–Crippen LogP) is 2.66. The topological polar surface area (TPSA) is 66.4 Å². The van der Waals surface area contributed by atoms with Crippen LogP contribution in [0.15, 0.2) is 30.5 Å². The summed E-state index contributed by atoms with van der Waals surface area (Å²) in [4.78, 5) is 9.15. The molecule has 0 aliphatic carbocycles. The summed E-state index contributed by atoms with van der Waals surface area (Å²) < 4.78 is 5.48. The zero-order chi connectivity index (χ0) is 18.4. The number of rotatable bonds is 7. The third-order valence-corrected chi connectivity index (χ3v) is 4.56. The number of aromatic nitrogens is 3. The highest BCUT2D eigenvalue weighted by molar-refractivity contribution is 5.59. The molecular formula is C19H28N6O. The molecule has 0 saturated carbocycles. The maximum Gasteiger partial charge on any atom is 0.247 e. The highest BCUT2D eigenvalue weighted by Crippen LogP contribution is 2.28. The lowest BCUT2D eigenvalue weighted by Gasteiger charge is -2.36. The van der Waals surface area contributed by atoms with Gasteiger partial charge in [-0.25, -0.2) is 0 Å². The number of hydrogen-bond acceptors (Lipinski definition) is 7. The summed E-state index contributed by atoms with van der Waals surface area (Å²) in [6.07, 6.45) is 2.80. The number of hydrogen-bond donors (Lipinski definition) is 1. The molecule has 0 unspecified atom stereocenters. The van der Waals surface area contributed by atoms with Gasteiger partial charge in [0, 0.05) is 32.7 Å². The van der Waals surface area contributed by atoms with Gasteiger partial charge in [0.25, 0.3) is 0 Å². The number of ether oxygens (including phenoxy) is 1. The standard InChI is InChI=1S/C19H28N6O/c1-15(2)8-9-20-18-14-21-23-19(22-18)25-12-10-24(11-13-25)16-6-4-5-7-17(16)26-3/h4-7,14-15H,8-13H2,1-3H3,(H,20,22,23). The van der Waals surface area contributed by atoms with Crippen LogP contribution in [0.25, 0.3) is 0 Å². The molecule has 26 heavy (non-hydrogen) atoms. The summed E-state index contributed by atoms with van der Waals surface area (Å²) >= 11 is 0. The van der Waals surface area contributed by atoms with Crippen molar-refractivity contribution in [1.29, 1.82) is 0 Å². The van der Waals surface area contributed by atoms with Crippen LogP contribution in [0.1, 0.15) is 20.3 Å². The van der Waals surface area contributed by atoms with E-state index in [0.29, 0.717) is 11.9 Å². The van der Waals surface area contributed by atoms with Crippen molar-refractivity contribution in [2.24, 2.45) is 5.92 Å². The first kappa shape index (κ1) is 18.2. The normalized spacial score (nSPS) is 14.6. The molecule has 1 N–H and O–H groups in total. The van der Waals surface area contributed by atoms with Crippen molar-refractivity contribution in [2.45, 2.75) is 20.3 Å². The van der Waals surface area contributed by atoms with Gasteiger partial charge in [-0.05, 0) is 24.5 Å². The number of methoxy groups -OCH3 is 1. The molecule has 7 nitrogen and oxygen atoms in total. The minimum absolute atomic E-state index is 0.667. The second-order valence-electron chi connectivity index (χ2n) is 6.90. The van der Waals surface area contributed by atoms with Crippen molar-refractivity contribution in [1.82, 2.24) is 15.2 Å². The molecule has 1 saturated heterocycles. The molecule has 1 aliphatic heterocycles. The van der Waals surface area contributed by atoms with Gasteiger partial charge in [-0.15, -0.1) is 5.10 Å². The molecular weight excluding hydrogens is 328 g/mol. The van der Waals surface area contributed by atoms with Crippen molar-refractivity contribution in [3.05, 3.63) is 30.5 Å². The molecule has 1 aromatic heterocycles. The van der Waals surface area contributed by atoms with Gasteiger partial charge < -0.3 is 19.9 Å². The minimum Gasteiger partial charge on any atom is -0.495 e. The SMILES string of the molecule is COc1ccccc1N1CCN(c2nncc(NCCC(C)C)n2)CC1. The summed E-state index contributed by atoms with van der Waals surface area (Å²) in [7, 11) is 1.71. The van der Waals surface area contributed by atoms with Crippen LogP contribution in [0.3, 0.4) is 0 Å². The molecule has 2 aromatic rings. The number of piperazine rings is 1. The third kappa shape index (κ3) is 4.53. The van der Waals surface area contributed by atoms with Crippen LogP contribution in [0.5, 0.6) is 5.75 Å². The third-order valence-electron chi connectivity index (χ3n) is 4.56. The fourth-order valence-corrected chi connectivity index (χ4v) is 3.04. The van der Waals surface area contributed by atoms with E-state index in [2.05, 4.69) is 50.2 Å². The molecule has 0 spiro atoms. The second-order valence-corrected chi connectivity index (χ2v) is 6.90. The van der Waals surface area contributed by atoms with Crippen molar-refractivity contribution < 1.29 is 4.74 Å². The van der Waals surface area contributed by atoms with Crippen LogP contribution in [-0.4, -0.2) is 55.0 Å². The van der Waals surface area contributed by atoms with Crippen LogP contribution in [0.2, 0.25) is 0 Å². The van der Waals surface area contributed by atoms with E-state index in [0.717, 1.165) is 56.4 Å². The van der Waals surface area contributed by atoms with Gasteiger partial charge in [-0.2, -0.15) is 10.1 Å². The lowest BCUT2D eigenvalue weighted by atomic mass is 10.1. The van der Waals surface area contributed by atoms with Crippen molar-refractivity contribution >= 4 is 17.5 Å². The van der Waals surface area contributed by atoms with E-state index in [-0.39, 0.29) is 0 Å². The monoisotopic (exact) mass is 356 g/mol. The van der Waals surface area contributed by atoms with Crippen molar-refractivity contribution in [2.75, 3.05) is 55.0 Å². The Morgan fingerprint density at radius 1 is 1.12 bits per heavy atom. The van der Waals surface area contributed by atoms with Gasteiger partial charge in [0.2, 0.25) is 5.95 Å². The Balaban J connectivity index is 1.59. The Bertz CT molecular complexity index is 700. The summed E-state index contributed by atoms with van der Waals surface area (Å²) in [6.45, 7) is 8.84. The lowest BCUT2D eigenvalue weighted by Crippen LogP contribution is -2.47. The molecule has 7 heteroatoms. The fourth-order valence-electron chi connectivity index (χ4n) is 3.04. The Morgan fingerprint density at radius 3 is 2.58 bits per heavy atom. The Hall–Kier alpha value is -2.57. The Kier molecular flexibility index (Phi) is 6.09. The number of nitrogens with one attached hydrogen (secondary N) is 1. The Labute approximate surface area is 155 Å². The number of benzene rings is 1. The molecule has 3 rings (SSSR count). The van der Waals surface area contributed by atoms with Gasteiger partial charge in [0.05, 0.1) is 19.0 Å². The van der Waals surface area contributed by atoms with Crippen LogP contribution in [0.4, 0.5) is 17.5 Å². The minimum atomic E-state index is 0.667. The summed E-state index contributed by atoms with van der Waals surface area (Å²) in [5.41, 5.74) is 1.14. The Morgan fingerprint density at radius 2 is 1.85 bits per heavy atom. The van der Waals surface area contributed by atoms with Gasteiger partial charge in [-0.1, -0.05) is 26.0 Å². The molecule has 0 amide bonds. The summed E-state index contributed by atoms with van der Waals surface area (Å²) in [5.74, 6) is 3.07. The second kappa shape index (κ2) is 8.69. The average molecular weight is 356 g/mol. The molecule has 0 atom stereocenters. The number of para-hydroxylation sites is 2. The van der Waals surface area contributed by atoms with Crippen LogP contribution in [-0.2, 0) is 0 Å². The summed E-state index contributed by atoms with van der Waals surface area (Å²) in [5, 5.41) is 11.7. The molecule has 1 aliphatic rings. The highest BCUT2D eigenvalue weighted by atomic mass is 16.5. The van der Waals surface area contributed by atoms with E-state index in [9.17, 15) is 0 Å². The van der Waals surface area contributed by atoms with Crippen molar-refractivity contribution in [3.8, 4) is 5.75 Å². The first-order valence-electron chi connectivity index (χ1n) is 9.24. The average Bonchev–Trinajstić information content (AvgIpc) is 2.68. The van der Waals surface area contributed by atoms with E-state index in [1.165, 1.54) is 0 Å². The highest BCUT2D eigenvalue weighted by Gasteiger charge is 2.21. The van der Waals surface area contributed by atoms with E-state index in [1.807, 2.05) is 18.2 Å². The van der Waals surface area contributed by atoms with E-state index < -0.39 is 0 Å². The molecule has 0 radical (unpaired) electrons. The van der Waals surface area contributed by atoms with Gasteiger partial charge in [-0.3, -0.25) is 0 Å². The largest absolute Gasteiger partial charge is 0.495 e. The van der Waals surface area contributed by atoms with Crippen LogP contribution >= 0.6 is 0 Å². The zero-order valence-electron chi connectivity index (χ0n) is 15.9. The fraction of sp³-hybridized carbons (Fsp3) is 0.526. The lowest BCUT2D eigenvalue weighted by molar-refractivity contribution is 0.413. The van der Waals surface area contributed by atoms with Gasteiger partial charge in [0.1, 0.15) is 5.75 Å². The maximum absolute atomic E-state index is 5.48. The molecule has 0 bridgehead atoms. The van der Waals surface area contributed by atoms with E-state index in [4.69, 9.17) is 4.74 Å². The molecule has 1 fully saturated rings. The smallest absolute Gasteiger partial charge is 0.247 e. The van der Waals surface area contributed by atoms with Crippen LogP contribution in [0, 0.1) is 5.92 Å². The molecule has 2 heterocycles. The first-order chi connectivity index (χ1) is 12.7. The first-order valence-corrected chi connectivity index (χ1v) is 9.24.